The minimum atomic E-state index is -0.563. The normalized spacial score (nSPS) is 20.4. The molecule has 1 N–H and O–H groups in total. The summed E-state index contributed by atoms with van der Waals surface area (Å²) in [4.78, 5) is 33.0. The fourth-order valence-electron chi connectivity index (χ4n) is 1.18. The largest absolute Gasteiger partial charge is 0.464 e. The van der Waals surface area contributed by atoms with E-state index in [4.69, 9.17) is 0 Å². The molecule has 0 radical (unpaired) electrons. The summed E-state index contributed by atoms with van der Waals surface area (Å²) >= 11 is 0. The molecule has 1 amide bonds. The lowest BCUT2D eigenvalue weighted by atomic mass is 10.2. The first-order valence-corrected chi connectivity index (χ1v) is 4.61. The zero-order chi connectivity index (χ0) is 10.6. The van der Waals surface area contributed by atoms with Crippen LogP contribution in [0.25, 0.3) is 0 Å². The summed E-state index contributed by atoms with van der Waals surface area (Å²) in [5, 5.41) is 2.46. The van der Waals surface area contributed by atoms with E-state index < -0.39 is 17.9 Å². The number of hydrogen-bond donors (Lipinski definition) is 1. The average molecular weight is 199 g/mol. The highest BCUT2D eigenvalue weighted by Gasteiger charge is 2.27. The highest BCUT2D eigenvalue weighted by molar-refractivity contribution is 5.99. The van der Waals surface area contributed by atoms with Gasteiger partial charge >= 0.3 is 5.97 Å². The number of hydrogen-bond acceptors (Lipinski definition) is 4. The standard InChI is InChI=1S/C9H13NO4/c1-2-6(11)5-8(12)10-7-3-4-14-9(7)13/h7H,2-5H2,1H3,(H,10,12)/t7-/m0/s1. The molecule has 0 aliphatic carbocycles. The summed E-state index contributed by atoms with van der Waals surface area (Å²) in [6.45, 7) is 2.03. The van der Waals surface area contributed by atoms with Gasteiger partial charge in [0.25, 0.3) is 0 Å². The van der Waals surface area contributed by atoms with Crippen LogP contribution in [0.15, 0.2) is 0 Å². The van der Waals surface area contributed by atoms with Gasteiger partial charge in [-0.2, -0.15) is 0 Å². The van der Waals surface area contributed by atoms with Gasteiger partial charge in [0.2, 0.25) is 5.91 Å². The van der Waals surface area contributed by atoms with Gasteiger partial charge in [-0.25, -0.2) is 4.79 Å². The lowest BCUT2D eigenvalue weighted by Crippen LogP contribution is -2.38. The summed E-state index contributed by atoms with van der Waals surface area (Å²) in [6.07, 6.45) is 0.674. The molecule has 0 aromatic rings. The average Bonchev–Trinajstić information content (AvgIpc) is 2.51. The molecule has 5 nitrogen and oxygen atoms in total. The van der Waals surface area contributed by atoms with Crippen molar-refractivity contribution in [1.29, 1.82) is 0 Å². The molecule has 5 heteroatoms. The summed E-state index contributed by atoms with van der Waals surface area (Å²) in [7, 11) is 0. The molecular weight excluding hydrogens is 186 g/mol. The first-order chi connectivity index (χ1) is 6.63. The van der Waals surface area contributed by atoms with Gasteiger partial charge in [-0.1, -0.05) is 6.92 Å². The molecule has 0 unspecified atom stereocenters. The first kappa shape index (κ1) is 10.7. The number of ether oxygens (including phenoxy) is 1. The summed E-state index contributed by atoms with van der Waals surface area (Å²) in [5.74, 6) is -0.947. The monoisotopic (exact) mass is 199 g/mol. The van der Waals surface area contributed by atoms with Crippen molar-refractivity contribution in [2.24, 2.45) is 0 Å². The second-order valence-electron chi connectivity index (χ2n) is 3.15. The number of amides is 1. The Morgan fingerprint density at radius 3 is 2.79 bits per heavy atom. The zero-order valence-electron chi connectivity index (χ0n) is 8.04. The Morgan fingerprint density at radius 2 is 2.29 bits per heavy atom. The summed E-state index contributed by atoms with van der Waals surface area (Å²) in [6, 6.07) is -0.563. The number of carbonyl (C=O) groups is 3. The van der Waals surface area contributed by atoms with Gasteiger partial charge in [0, 0.05) is 12.8 Å². The van der Waals surface area contributed by atoms with Crippen molar-refractivity contribution in [3.05, 3.63) is 0 Å². The highest BCUT2D eigenvalue weighted by atomic mass is 16.5. The molecule has 1 fully saturated rings. The van der Waals surface area contributed by atoms with Crippen LogP contribution in [0.4, 0.5) is 0 Å². The Morgan fingerprint density at radius 1 is 1.57 bits per heavy atom. The SMILES string of the molecule is CCC(=O)CC(=O)N[C@H]1CCOC1=O. The van der Waals surface area contributed by atoms with E-state index in [2.05, 4.69) is 10.1 Å². The molecule has 0 aromatic carbocycles. The molecular formula is C9H13NO4. The Hall–Kier alpha value is -1.39. The number of esters is 1. The van der Waals surface area contributed by atoms with Gasteiger partial charge < -0.3 is 10.1 Å². The molecule has 1 saturated heterocycles. The van der Waals surface area contributed by atoms with E-state index in [9.17, 15) is 14.4 Å². The van der Waals surface area contributed by atoms with E-state index in [1.807, 2.05) is 0 Å². The number of rotatable bonds is 4. The first-order valence-electron chi connectivity index (χ1n) is 4.61. The second-order valence-corrected chi connectivity index (χ2v) is 3.15. The Labute approximate surface area is 81.8 Å². The molecule has 1 rings (SSSR count). The van der Waals surface area contributed by atoms with Crippen molar-refractivity contribution in [2.75, 3.05) is 6.61 Å². The van der Waals surface area contributed by atoms with Crippen LogP contribution in [-0.4, -0.2) is 30.3 Å². The van der Waals surface area contributed by atoms with Crippen molar-refractivity contribution < 1.29 is 19.1 Å². The number of Topliss-reactive ketones (excluding diaryl/α,β-unsaturated/α-hetero) is 1. The van der Waals surface area contributed by atoms with E-state index in [1.165, 1.54) is 0 Å². The van der Waals surface area contributed by atoms with Crippen molar-refractivity contribution in [3.8, 4) is 0 Å². The van der Waals surface area contributed by atoms with Crippen LogP contribution in [0.3, 0.4) is 0 Å². The van der Waals surface area contributed by atoms with Gasteiger partial charge in [-0.3, -0.25) is 9.59 Å². The van der Waals surface area contributed by atoms with Crippen LogP contribution < -0.4 is 5.32 Å². The predicted molar refractivity (Wildman–Crippen MR) is 47.4 cm³/mol. The predicted octanol–water partition coefficient (Wildman–Crippen LogP) is -0.213. The molecule has 1 heterocycles. The number of nitrogens with one attached hydrogen (secondary N) is 1. The third-order valence-corrected chi connectivity index (χ3v) is 2.02. The maximum absolute atomic E-state index is 11.2. The molecule has 14 heavy (non-hydrogen) atoms. The van der Waals surface area contributed by atoms with Crippen molar-refractivity contribution in [3.63, 3.8) is 0 Å². The van der Waals surface area contributed by atoms with Crippen molar-refractivity contribution >= 4 is 17.7 Å². The maximum atomic E-state index is 11.2. The fraction of sp³-hybridized carbons (Fsp3) is 0.667. The van der Waals surface area contributed by atoms with E-state index in [0.717, 1.165) is 0 Å². The maximum Gasteiger partial charge on any atom is 0.328 e. The fourth-order valence-corrected chi connectivity index (χ4v) is 1.18. The quantitative estimate of drug-likeness (QED) is 0.502. The van der Waals surface area contributed by atoms with Crippen LogP contribution in [0, 0.1) is 0 Å². The molecule has 78 valence electrons. The zero-order valence-corrected chi connectivity index (χ0v) is 8.04. The van der Waals surface area contributed by atoms with Crippen LogP contribution in [0.1, 0.15) is 26.2 Å². The second kappa shape index (κ2) is 4.74. The lowest BCUT2D eigenvalue weighted by molar-refractivity contribution is -0.142. The molecule has 0 saturated carbocycles. The van der Waals surface area contributed by atoms with E-state index in [0.29, 0.717) is 19.4 Å². The number of cyclic esters (lactones) is 1. The minimum Gasteiger partial charge on any atom is -0.464 e. The topological polar surface area (TPSA) is 72.5 Å². The third kappa shape index (κ3) is 2.83. The van der Waals surface area contributed by atoms with Gasteiger partial charge in [-0.05, 0) is 0 Å². The Kier molecular flexibility index (Phi) is 3.62. The van der Waals surface area contributed by atoms with Gasteiger partial charge in [0.1, 0.15) is 11.8 Å². The van der Waals surface area contributed by atoms with E-state index in [1.54, 1.807) is 6.92 Å². The highest BCUT2D eigenvalue weighted by Crippen LogP contribution is 2.05. The van der Waals surface area contributed by atoms with Crippen LogP contribution in [-0.2, 0) is 19.1 Å². The molecule has 0 bridgehead atoms. The lowest BCUT2D eigenvalue weighted by Gasteiger charge is -2.07. The van der Waals surface area contributed by atoms with Crippen LogP contribution >= 0.6 is 0 Å². The summed E-state index contributed by atoms with van der Waals surface area (Å²) < 4.78 is 4.66. The molecule has 1 aliphatic heterocycles. The van der Waals surface area contributed by atoms with Crippen LogP contribution in [0.5, 0.6) is 0 Å². The minimum absolute atomic E-state index is 0.131. The Bertz CT molecular complexity index is 262. The Balaban J connectivity index is 2.33. The van der Waals surface area contributed by atoms with E-state index in [-0.39, 0.29) is 12.2 Å². The van der Waals surface area contributed by atoms with Crippen LogP contribution in [0.2, 0.25) is 0 Å². The van der Waals surface area contributed by atoms with Crippen molar-refractivity contribution in [1.82, 2.24) is 5.32 Å². The van der Waals surface area contributed by atoms with E-state index >= 15 is 0 Å². The summed E-state index contributed by atoms with van der Waals surface area (Å²) in [5.41, 5.74) is 0. The van der Waals surface area contributed by atoms with Gasteiger partial charge in [0.15, 0.2) is 0 Å². The number of carbonyl (C=O) groups excluding carboxylic acids is 3. The van der Waals surface area contributed by atoms with Gasteiger partial charge in [-0.15, -0.1) is 0 Å². The molecule has 1 atom stereocenters. The third-order valence-electron chi connectivity index (χ3n) is 2.02. The molecule has 0 aromatic heterocycles. The molecule has 1 aliphatic rings. The van der Waals surface area contributed by atoms with Gasteiger partial charge in [0.05, 0.1) is 13.0 Å². The smallest absolute Gasteiger partial charge is 0.328 e. The van der Waals surface area contributed by atoms with Crippen molar-refractivity contribution in [2.45, 2.75) is 32.2 Å². The molecule has 0 spiro atoms. The number of ketones is 1.